The molecule has 0 saturated carbocycles. The van der Waals surface area contributed by atoms with E-state index in [1.165, 1.54) is 0 Å². The van der Waals surface area contributed by atoms with E-state index in [4.69, 9.17) is 9.84 Å². The molecule has 0 heterocycles. The van der Waals surface area contributed by atoms with Crippen LogP contribution in [-0.2, 0) is 11.2 Å². The third-order valence-corrected chi connectivity index (χ3v) is 2.77. The molecule has 0 saturated heterocycles. The summed E-state index contributed by atoms with van der Waals surface area (Å²) in [6, 6.07) is 5.56. The quantitative estimate of drug-likeness (QED) is 0.903. The van der Waals surface area contributed by atoms with Crippen LogP contribution in [-0.4, -0.2) is 18.2 Å². The summed E-state index contributed by atoms with van der Waals surface area (Å²) in [6.07, 6.45) is 0.638. The van der Waals surface area contributed by atoms with Gasteiger partial charge in [-0.1, -0.05) is 12.1 Å². The lowest BCUT2D eigenvalue weighted by Crippen LogP contribution is -1.98. The van der Waals surface area contributed by atoms with Gasteiger partial charge >= 0.3 is 5.97 Å². The summed E-state index contributed by atoms with van der Waals surface area (Å²) in [5, 5.41) is 8.55. The van der Waals surface area contributed by atoms with Gasteiger partial charge in [0.15, 0.2) is 0 Å². The number of hydrogen-bond acceptors (Lipinski definition) is 2. The summed E-state index contributed by atoms with van der Waals surface area (Å²) in [5.41, 5.74) is 0.951. The summed E-state index contributed by atoms with van der Waals surface area (Å²) in [6.45, 7) is 0. The van der Waals surface area contributed by atoms with Crippen LogP contribution in [0.25, 0.3) is 0 Å². The van der Waals surface area contributed by atoms with E-state index in [9.17, 15) is 4.79 Å². The first-order chi connectivity index (χ1) is 6.65. The van der Waals surface area contributed by atoms with Gasteiger partial charge in [0.1, 0.15) is 5.75 Å². The minimum absolute atomic E-state index is 0.131. The van der Waals surface area contributed by atoms with E-state index in [0.717, 1.165) is 15.8 Å². The molecule has 14 heavy (non-hydrogen) atoms. The Morgan fingerprint density at radius 2 is 2.29 bits per heavy atom. The molecular formula is C10H11BrO3. The van der Waals surface area contributed by atoms with Crippen molar-refractivity contribution in [2.45, 2.75) is 12.8 Å². The van der Waals surface area contributed by atoms with Crippen molar-refractivity contribution in [1.29, 1.82) is 0 Å². The van der Waals surface area contributed by atoms with E-state index < -0.39 is 5.97 Å². The van der Waals surface area contributed by atoms with Gasteiger partial charge in [-0.2, -0.15) is 0 Å². The first kappa shape index (κ1) is 11.0. The van der Waals surface area contributed by atoms with Gasteiger partial charge < -0.3 is 9.84 Å². The Labute approximate surface area is 90.8 Å². The van der Waals surface area contributed by atoms with E-state index in [-0.39, 0.29) is 6.42 Å². The predicted molar refractivity (Wildman–Crippen MR) is 56.7 cm³/mol. The Morgan fingerprint density at radius 3 is 2.86 bits per heavy atom. The van der Waals surface area contributed by atoms with Gasteiger partial charge in [0.25, 0.3) is 0 Å². The molecule has 0 spiro atoms. The number of benzene rings is 1. The van der Waals surface area contributed by atoms with Gasteiger partial charge in [0.05, 0.1) is 11.6 Å². The average Bonchev–Trinajstić information content (AvgIpc) is 2.16. The number of halogens is 1. The second-order valence-corrected chi connectivity index (χ2v) is 3.62. The predicted octanol–water partition coefficient (Wildman–Crippen LogP) is 2.47. The second kappa shape index (κ2) is 5.00. The fraction of sp³-hybridized carbons (Fsp3) is 0.300. The van der Waals surface area contributed by atoms with Crippen LogP contribution < -0.4 is 4.74 Å². The molecule has 3 nitrogen and oxygen atoms in total. The Morgan fingerprint density at radius 1 is 1.57 bits per heavy atom. The van der Waals surface area contributed by atoms with Crippen LogP contribution in [0.1, 0.15) is 12.0 Å². The van der Waals surface area contributed by atoms with Crippen molar-refractivity contribution in [3.63, 3.8) is 0 Å². The standard InChI is InChI=1S/C10H11BrO3/c1-14-8-4-2-3-7(10(8)11)5-6-9(12)13/h2-4H,5-6H2,1H3,(H,12,13). The largest absolute Gasteiger partial charge is 0.496 e. The van der Waals surface area contributed by atoms with Crippen molar-refractivity contribution in [2.24, 2.45) is 0 Å². The Hall–Kier alpha value is -1.03. The van der Waals surface area contributed by atoms with Gasteiger partial charge in [-0.15, -0.1) is 0 Å². The minimum Gasteiger partial charge on any atom is -0.496 e. The molecule has 0 aliphatic heterocycles. The van der Waals surface area contributed by atoms with Crippen LogP contribution in [0.15, 0.2) is 22.7 Å². The highest BCUT2D eigenvalue weighted by Gasteiger charge is 2.07. The first-order valence-electron chi connectivity index (χ1n) is 4.18. The molecule has 0 fully saturated rings. The van der Waals surface area contributed by atoms with Crippen molar-refractivity contribution in [3.05, 3.63) is 28.2 Å². The maximum Gasteiger partial charge on any atom is 0.303 e. The third-order valence-electron chi connectivity index (χ3n) is 1.87. The monoisotopic (exact) mass is 258 g/mol. The van der Waals surface area contributed by atoms with Crippen LogP contribution in [0.3, 0.4) is 0 Å². The number of aliphatic carboxylic acids is 1. The molecule has 76 valence electrons. The average molecular weight is 259 g/mol. The number of hydrogen-bond donors (Lipinski definition) is 1. The number of ether oxygens (including phenoxy) is 1. The van der Waals surface area contributed by atoms with Crippen molar-refractivity contribution in [2.75, 3.05) is 7.11 Å². The molecule has 1 N–H and O–H groups in total. The van der Waals surface area contributed by atoms with E-state index in [1.54, 1.807) is 7.11 Å². The fourth-order valence-corrected chi connectivity index (χ4v) is 1.77. The number of carbonyl (C=O) groups is 1. The van der Waals surface area contributed by atoms with Crippen LogP contribution in [0.4, 0.5) is 0 Å². The number of carboxylic acids is 1. The number of methoxy groups -OCH3 is 1. The molecule has 4 heteroatoms. The topological polar surface area (TPSA) is 46.5 Å². The maximum absolute atomic E-state index is 10.4. The molecule has 0 aliphatic rings. The third kappa shape index (κ3) is 2.73. The highest BCUT2D eigenvalue weighted by molar-refractivity contribution is 9.10. The molecule has 0 unspecified atom stereocenters. The normalized spacial score (nSPS) is 9.86. The van der Waals surface area contributed by atoms with Gasteiger partial charge in [0.2, 0.25) is 0 Å². The zero-order valence-electron chi connectivity index (χ0n) is 7.79. The SMILES string of the molecule is COc1cccc(CCC(=O)O)c1Br. The smallest absolute Gasteiger partial charge is 0.303 e. The lowest BCUT2D eigenvalue weighted by Gasteiger charge is -2.07. The lowest BCUT2D eigenvalue weighted by atomic mass is 10.1. The number of rotatable bonds is 4. The molecule has 1 aromatic rings. The second-order valence-electron chi connectivity index (χ2n) is 2.83. The van der Waals surface area contributed by atoms with Crippen molar-refractivity contribution >= 4 is 21.9 Å². The van der Waals surface area contributed by atoms with Crippen molar-refractivity contribution in [1.82, 2.24) is 0 Å². The summed E-state index contributed by atoms with van der Waals surface area (Å²) in [4.78, 5) is 10.4. The minimum atomic E-state index is -0.792. The van der Waals surface area contributed by atoms with Gasteiger partial charge in [0, 0.05) is 6.42 Å². The zero-order chi connectivity index (χ0) is 10.6. The van der Waals surface area contributed by atoms with Crippen LogP contribution in [0.2, 0.25) is 0 Å². The molecule has 0 radical (unpaired) electrons. The fourth-order valence-electron chi connectivity index (χ4n) is 1.15. The van der Waals surface area contributed by atoms with Crippen LogP contribution in [0.5, 0.6) is 5.75 Å². The maximum atomic E-state index is 10.4. The summed E-state index contributed by atoms with van der Waals surface area (Å²) in [7, 11) is 1.58. The molecule has 0 aromatic heterocycles. The summed E-state index contributed by atoms with van der Waals surface area (Å²) in [5.74, 6) is -0.0624. The van der Waals surface area contributed by atoms with Gasteiger partial charge in [-0.25, -0.2) is 0 Å². The summed E-state index contributed by atoms with van der Waals surface area (Å²) < 4.78 is 5.93. The highest BCUT2D eigenvalue weighted by atomic mass is 79.9. The lowest BCUT2D eigenvalue weighted by molar-refractivity contribution is -0.136. The Bertz CT molecular complexity index is 336. The molecule has 0 amide bonds. The summed E-state index contributed by atoms with van der Waals surface area (Å²) >= 11 is 3.37. The van der Waals surface area contributed by atoms with Crippen molar-refractivity contribution in [3.8, 4) is 5.75 Å². The molecule has 0 aliphatic carbocycles. The molecule has 0 atom stereocenters. The Kier molecular flexibility index (Phi) is 3.95. The van der Waals surface area contributed by atoms with E-state index >= 15 is 0 Å². The molecular weight excluding hydrogens is 248 g/mol. The highest BCUT2D eigenvalue weighted by Crippen LogP contribution is 2.28. The zero-order valence-corrected chi connectivity index (χ0v) is 9.37. The van der Waals surface area contributed by atoms with E-state index in [0.29, 0.717) is 6.42 Å². The Balaban J connectivity index is 2.81. The van der Waals surface area contributed by atoms with E-state index in [1.807, 2.05) is 18.2 Å². The molecule has 0 bridgehead atoms. The van der Waals surface area contributed by atoms with Gasteiger partial charge in [-0.3, -0.25) is 4.79 Å². The van der Waals surface area contributed by atoms with Crippen molar-refractivity contribution < 1.29 is 14.6 Å². The van der Waals surface area contributed by atoms with Crippen LogP contribution in [0, 0.1) is 0 Å². The van der Waals surface area contributed by atoms with Crippen LogP contribution >= 0.6 is 15.9 Å². The molecule has 1 aromatic carbocycles. The molecule has 1 rings (SSSR count). The number of aryl methyl sites for hydroxylation is 1. The number of carboxylic acid groups (broad SMARTS) is 1. The van der Waals surface area contributed by atoms with Gasteiger partial charge in [-0.05, 0) is 34.0 Å². The first-order valence-corrected chi connectivity index (χ1v) is 4.97. The van der Waals surface area contributed by atoms with E-state index in [2.05, 4.69) is 15.9 Å².